The molecular formula is C16H21NO. The van der Waals surface area contributed by atoms with Crippen LogP contribution in [0.4, 0.5) is 0 Å². The first-order chi connectivity index (χ1) is 8.67. The molecule has 2 heteroatoms. The Balaban J connectivity index is 2.08. The molecule has 1 aromatic rings. The summed E-state index contributed by atoms with van der Waals surface area (Å²) in [6, 6.07) is 8.66. The van der Waals surface area contributed by atoms with E-state index in [2.05, 4.69) is 32.0 Å². The molecule has 1 fully saturated rings. The van der Waals surface area contributed by atoms with E-state index in [-0.39, 0.29) is 5.41 Å². The Morgan fingerprint density at radius 1 is 1.17 bits per heavy atom. The number of para-hydroxylation sites is 1. The van der Waals surface area contributed by atoms with Gasteiger partial charge in [-0.1, -0.05) is 37.5 Å². The first kappa shape index (κ1) is 13.0. The maximum Gasteiger partial charge on any atom is 0.125 e. The van der Waals surface area contributed by atoms with Gasteiger partial charge in [0.25, 0.3) is 0 Å². The number of ether oxygens (including phenoxy) is 1. The van der Waals surface area contributed by atoms with Crippen LogP contribution < -0.4 is 4.74 Å². The van der Waals surface area contributed by atoms with Gasteiger partial charge in [0.1, 0.15) is 12.4 Å². The molecule has 0 unspecified atom stereocenters. The van der Waals surface area contributed by atoms with Crippen molar-refractivity contribution in [3.63, 3.8) is 0 Å². The molecular weight excluding hydrogens is 222 g/mol. The van der Waals surface area contributed by atoms with Crippen molar-refractivity contribution in [3.8, 4) is 11.8 Å². The highest BCUT2D eigenvalue weighted by molar-refractivity contribution is 5.39. The largest absolute Gasteiger partial charge is 0.491 e. The molecule has 18 heavy (non-hydrogen) atoms. The lowest BCUT2D eigenvalue weighted by atomic mass is 9.76. The van der Waals surface area contributed by atoms with Crippen molar-refractivity contribution in [3.05, 3.63) is 29.3 Å². The molecule has 1 aliphatic carbocycles. The molecule has 1 aromatic carbocycles. The number of hydrogen-bond donors (Lipinski definition) is 0. The van der Waals surface area contributed by atoms with Crippen LogP contribution in [0.5, 0.6) is 5.75 Å². The molecule has 0 aromatic heterocycles. The molecule has 0 spiro atoms. The van der Waals surface area contributed by atoms with Gasteiger partial charge < -0.3 is 4.74 Å². The number of hydrogen-bond acceptors (Lipinski definition) is 2. The Morgan fingerprint density at radius 3 is 2.33 bits per heavy atom. The van der Waals surface area contributed by atoms with Gasteiger partial charge in [-0.25, -0.2) is 0 Å². The molecule has 0 N–H and O–H groups in total. The van der Waals surface area contributed by atoms with Gasteiger partial charge in [0.2, 0.25) is 0 Å². The zero-order valence-corrected chi connectivity index (χ0v) is 11.3. The van der Waals surface area contributed by atoms with Crippen molar-refractivity contribution in [1.82, 2.24) is 0 Å². The minimum Gasteiger partial charge on any atom is -0.491 e. The van der Waals surface area contributed by atoms with Gasteiger partial charge in [0.15, 0.2) is 0 Å². The van der Waals surface area contributed by atoms with Crippen LogP contribution in [0.3, 0.4) is 0 Å². The predicted molar refractivity (Wildman–Crippen MR) is 72.5 cm³/mol. The summed E-state index contributed by atoms with van der Waals surface area (Å²) in [5.74, 6) is 0.956. The molecule has 96 valence electrons. The van der Waals surface area contributed by atoms with E-state index in [0.29, 0.717) is 6.61 Å². The average molecular weight is 243 g/mol. The summed E-state index contributed by atoms with van der Waals surface area (Å²) in [4.78, 5) is 0. The third-order valence-electron chi connectivity index (χ3n) is 3.95. The van der Waals surface area contributed by atoms with E-state index < -0.39 is 0 Å². The molecule has 0 amide bonds. The molecule has 2 rings (SSSR count). The zero-order chi connectivity index (χ0) is 13.0. The smallest absolute Gasteiger partial charge is 0.125 e. The summed E-state index contributed by atoms with van der Waals surface area (Å²) in [6.07, 6.45) is 5.53. The van der Waals surface area contributed by atoms with Gasteiger partial charge in [-0.3, -0.25) is 0 Å². The second-order valence-corrected chi connectivity index (χ2v) is 5.46. The maximum absolute atomic E-state index is 9.43. The Kier molecular flexibility index (Phi) is 3.91. The van der Waals surface area contributed by atoms with E-state index in [1.807, 2.05) is 6.07 Å². The lowest BCUT2D eigenvalue weighted by Gasteiger charge is -2.30. The Labute approximate surface area is 110 Å². The van der Waals surface area contributed by atoms with E-state index in [9.17, 15) is 5.26 Å². The topological polar surface area (TPSA) is 33.0 Å². The summed E-state index contributed by atoms with van der Waals surface area (Å²) in [7, 11) is 0. The molecule has 1 aliphatic rings. The van der Waals surface area contributed by atoms with E-state index >= 15 is 0 Å². The SMILES string of the molecule is Cc1cccc(C)c1OCC1(C#N)CCCCC1. The number of rotatable bonds is 3. The molecule has 0 heterocycles. The van der Waals surface area contributed by atoms with Crippen LogP contribution in [-0.4, -0.2) is 6.61 Å². The van der Waals surface area contributed by atoms with E-state index in [1.54, 1.807) is 0 Å². The summed E-state index contributed by atoms with van der Waals surface area (Å²) in [5.41, 5.74) is 2.05. The van der Waals surface area contributed by atoms with Gasteiger partial charge in [-0.05, 0) is 37.8 Å². The molecule has 0 atom stereocenters. The van der Waals surface area contributed by atoms with Crippen LogP contribution in [0, 0.1) is 30.6 Å². The van der Waals surface area contributed by atoms with Crippen LogP contribution >= 0.6 is 0 Å². The first-order valence-corrected chi connectivity index (χ1v) is 6.77. The summed E-state index contributed by atoms with van der Waals surface area (Å²) >= 11 is 0. The van der Waals surface area contributed by atoms with Gasteiger partial charge in [-0.15, -0.1) is 0 Å². The Morgan fingerprint density at radius 2 is 1.78 bits per heavy atom. The average Bonchev–Trinajstić information content (AvgIpc) is 2.39. The van der Waals surface area contributed by atoms with Crippen molar-refractivity contribution in [2.45, 2.75) is 46.0 Å². The number of benzene rings is 1. The number of nitrogens with zero attached hydrogens (tertiary/aromatic N) is 1. The lowest BCUT2D eigenvalue weighted by Crippen LogP contribution is -2.29. The minimum absolute atomic E-state index is 0.257. The highest BCUT2D eigenvalue weighted by Crippen LogP contribution is 2.36. The van der Waals surface area contributed by atoms with Gasteiger partial charge >= 0.3 is 0 Å². The van der Waals surface area contributed by atoms with Crippen molar-refractivity contribution in [1.29, 1.82) is 5.26 Å². The fourth-order valence-corrected chi connectivity index (χ4v) is 2.75. The van der Waals surface area contributed by atoms with Crippen molar-refractivity contribution in [2.24, 2.45) is 5.41 Å². The molecule has 0 aliphatic heterocycles. The van der Waals surface area contributed by atoms with E-state index in [0.717, 1.165) is 42.6 Å². The standard InChI is InChI=1S/C16H21NO/c1-13-7-6-8-14(2)15(13)18-12-16(11-17)9-4-3-5-10-16/h6-8H,3-5,9-10,12H2,1-2H3. The van der Waals surface area contributed by atoms with Crippen LogP contribution in [0.25, 0.3) is 0 Å². The molecule has 0 radical (unpaired) electrons. The van der Waals surface area contributed by atoms with E-state index in [1.165, 1.54) is 6.42 Å². The first-order valence-electron chi connectivity index (χ1n) is 6.77. The molecule has 0 saturated heterocycles. The third kappa shape index (κ3) is 2.67. The second-order valence-electron chi connectivity index (χ2n) is 5.46. The lowest BCUT2D eigenvalue weighted by molar-refractivity contribution is 0.149. The Bertz CT molecular complexity index is 432. The fraction of sp³-hybridized carbons (Fsp3) is 0.562. The maximum atomic E-state index is 9.43. The van der Waals surface area contributed by atoms with Gasteiger partial charge in [0, 0.05) is 0 Å². The van der Waals surface area contributed by atoms with Crippen LogP contribution in [0.1, 0.15) is 43.2 Å². The molecule has 1 saturated carbocycles. The van der Waals surface area contributed by atoms with Gasteiger partial charge in [-0.2, -0.15) is 5.26 Å². The number of nitriles is 1. The van der Waals surface area contributed by atoms with Crippen molar-refractivity contribution >= 4 is 0 Å². The third-order valence-corrected chi connectivity index (χ3v) is 3.95. The molecule has 0 bridgehead atoms. The summed E-state index contributed by atoms with van der Waals surface area (Å²) in [6.45, 7) is 4.65. The highest BCUT2D eigenvalue weighted by Gasteiger charge is 2.33. The van der Waals surface area contributed by atoms with Crippen LogP contribution in [-0.2, 0) is 0 Å². The summed E-state index contributed by atoms with van der Waals surface area (Å²) < 4.78 is 5.98. The normalized spacial score (nSPS) is 18.1. The van der Waals surface area contributed by atoms with Crippen LogP contribution in [0.15, 0.2) is 18.2 Å². The molecule has 2 nitrogen and oxygen atoms in total. The zero-order valence-electron chi connectivity index (χ0n) is 11.3. The van der Waals surface area contributed by atoms with Crippen LogP contribution in [0.2, 0.25) is 0 Å². The second kappa shape index (κ2) is 5.44. The van der Waals surface area contributed by atoms with Crippen molar-refractivity contribution < 1.29 is 4.74 Å². The highest BCUT2D eigenvalue weighted by atomic mass is 16.5. The van der Waals surface area contributed by atoms with Gasteiger partial charge in [0.05, 0.1) is 11.5 Å². The van der Waals surface area contributed by atoms with Crippen molar-refractivity contribution in [2.75, 3.05) is 6.61 Å². The number of aryl methyl sites for hydroxylation is 2. The van der Waals surface area contributed by atoms with E-state index in [4.69, 9.17) is 4.74 Å². The Hall–Kier alpha value is -1.49. The minimum atomic E-state index is -0.257. The fourth-order valence-electron chi connectivity index (χ4n) is 2.75. The monoisotopic (exact) mass is 243 g/mol. The quantitative estimate of drug-likeness (QED) is 0.798. The predicted octanol–water partition coefficient (Wildman–Crippen LogP) is 4.16. The summed E-state index contributed by atoms with van der Waals surface area (Å²) in [5, 5.41) is 9.43.